The number of hydrogen-bond acceptors (Lipinski definition) is 3. The molecule has 2 aromatic rings. The number of anilines is 1. The predicted octanol–water partition coefficient (Wildman–Crippen LogP) is 3.35. The second-order valence-electron chi connectivity index (χ2n) is 4.89. The van der Waals surface area contributed by atoms with Gasteiger partial charge in [-0.2, -0.15) is 0 Å². The molecule has 1 aliphatic heterocycles. The summed E-state index contributed by atoms with van der Waals surface area (Å²) in [6, 6.07) is 14.7. The lowest BCUT2D eigenvalue weighted by atomic mass is 10.0. The van der Waals surface area contributed by atoms with Gasteiger partial charge in [0.15, 0.2) is 0 Å². The van der Waals surface area contributed by atoms with Crippen molar-refractivity contribution in [3.8, 4) is 16.9 Å². The Labute approximate surface area is 119 Å². The lowest BCUT2D eigenvalue weighted by molar-refractivity contribution is 0.146. The molecule has 0 unspecified atom stereocenters. The molecule has 0 saturated carbocycles. The normalized spacial score (nSPS) is 12.8. The second-order valence-corrected chi connectivity index (χ2v) is 4.89. The van der Waals surface area contributed by atoms with E-state index in [1.165, 1.54) is 16.8 Å². The molecule has 104 valence electrons. The summed E-state index contributed by atoms with van der Waals surface area (Å²) in [5.41, 5.74) is 4.99. The molecule has 20 heavy (non-hydrogen) atoms. The smallest absolute Gasteiger partial charge is 0.127 e. The molecule has 3 rings (SSSR count). The van der Waals surface area contributed by atoms with Gasteiger partial charge >= 0.3 is 0 Å². The average Bonchev–Trinajstić information content (AvgIpc) is 2.95. The fraction of sp³-hybridized carbons (Fsp3) is 0.294. The van der Waals surface area contributed by atoms with Crippen molar-refractivity contribution in [3.05, 3.63) is 48.0 Å². The van der Waals surface area contributed by atoms with Crippen LogP contribution in [0.5, 0.6) is 5.75 Å². The summed E-state index contributed by atoms with van der Waals surface area (Å²) in [5.74, 6) is 0.912. The topological polar surface area (TPSA) is 30.5 Å². The summed E-state index contributed by atoms with van der Waals surface area (Å²) < 4.78 is 10.8. The lowest BCUT2D eigenvalue weighted by Crippen LogP contribution is -2.05. The summed E-state index contributed by atoms with van der Waals surface area (Å²) in [6.07, 6.45) is 1.09. The molecule has 3 nitrogen and oxygen atoms in total. The van der Waals surface area contributed by atoms with Crippen LogP contribution >= 0.6 is 0 Å². The van der Waals surface area contributed by atoms with E-state index in [4.69, 9.17) is 9.47 Å². The molecular formula is C17H19NO2. The molecule has 2 aromatic carbocycles. The third-order valence-electron chi connectivity index (χ3n) is 3.56. The van der Waals surface area contributed by atoms with Crippen molar-refractivity contribution >= 4 is 5.69 Å². The third kappa shape index (κ3) is 2.63. The van der Waals surface area contributed by atoms with E-state index in [0.717, 1.165) is 24.3 Å². The third-order valence-corrected chi connectivity index (χ3v) is 3.56. The molecule has 1 aliphatic rings. The summed E-state index contributed by atoms with van der Waals surface area (Å²) in [4.78, 5) is 0. The zero-order valence-electron chi connectivity index (χ0n) is 11.7. The molecule has 0 bridgehead atoms. The first kappa shape index (κ1) is 13.0. The Balaban J connectivity index is 1.89. The Kier molecular flexibility index (Phi) is 3.88. The quantitative estimate of drug-likeness (QED) is 0.844. The zero-order chi connectivity index (χ0) is 13.8. The van der Waals surface area contributed by atoms with Gasteiger partial charge in [0.05, 0.1) is 6.61 Å². The van der Waals surface area contributed by atoms with E-state index in [1.54, 1.807) is 7.11 Å². The monoisotopic (exact) mass is 269 g/mol. The minimum atomic E-state index is 0.569. The van der Waals surface area contributed by atoms with Crippen molar-refractivity contribution in [2.24, 2.45) is 0 Å². The fourth-order valence-electron chi connectivity index (χ4n) is 2.54. The van der Waals surface area contributed by atoms with Gasteiger partial charge < -0.3 is 14.8 Å². The first-order chi connectivity index (χ1) is 9.88. The molecule has 1 heterocycles. The molecular weight excluding hydrogens is 250 g/mol. The zero-order valence-corrected chi connectivity index (χ0v) is 11.7. The SMILES string of the molecule is COCCOc1ccccc1-c1ccc2c(c1)CCN2. The number of ether oxygens (including phenoxy) is 2. The van der Waals surface area contributed by atoms with Crippen molar-refractivity contribution < 1.29 is 9.47 Å². The van der Waals surface area contributed by atoms with Gasteiger partial charge in [-0.05, 0) is 35.7 Å². The Morgan fingerprint density at radius 3 is 2.90 bits per heavy atom. The lowest BCUT2D eigenvalue weighted by Gasteiger charge is -2.12. The van der Waals surface area contributed by atoms with Crippen LogP contribution in [0.3, 0.4) is 0 Å². The highest BCUT2D eigenvalue weighted by molar-refractivity contribution is 5.74. The molecule has 0 amide bonds. The van der Waals surface area contributed by atoms with E-state index in [-0.39, 0.29) is 0 Å². The van der Waals surface area contributed by atoms with E-state index in [9.17, 15) is 0 Å². The second kappa shape index (κ2) is 5.97. The number of fused-ring (bicyclic) bond motifs is 1. The number of methoxy groups -OCH3 is 1. The molecule has 0 fully saturated rings. The van der Waals surface area contributed by atoms with Gasteiger partial charge in [0.1, 0.15) is 12.4 Å². The Bertz CT molecular complexity index is 595. The van der Waals surface area contributed by atoms with Gasteiger partial charge in [-0.1, -0.05) is 24.3 Å². The number of rotatable bonds is 5. The van der Waals surface area contributed by atoms with Crippen LogP contribution in [0.25, 0.3) is 11.1 Å². The number of para-hydroxylation sites is 1. The Morgan fingerprint density at radius 1 is 1.10 bits per heavy atom. The van der Waals surface area contributed by atoms with Gasteiger partial charge in [-0.3, -0.25) is 0 Å². The highest BCUT2D eigenvalue weighted by atomic mass is 16.5. The summed E-state index contributed by atoms with van der Waals surface area (Å²) >= 11 is 0. The molecule has 0 aromatic heterocycles. The van der Waals surface area contributed by atoms with Crippen LogP contribution in [-0.2, 0) is 11.2 Å². The largest absolute Gasteiger partial charge is 0.491 e. The van der Waals surface area contributed by atoms with Crippen molar-refractivity contribution in [3.63, 3.8) is 0 Å². The van der Waals surface area contributed by atoms with Gasteiger partial charge in [-0.25, -0.2) is 0 Å². The van der Waals surface area contributed by atoms with E-state index < -0.39 is 0 Å². The Hall–Kier alpha value is -2.00. The van der Waals surface area contributed by atoms with Crippen LogP contribution in [0.2, 0.25) is 0 Å². The maximum Gasteiger partial charge on any atom is 0.127 e. The standard InChI is InChI=1S/C17H19NO2/c1-19-10-11-20-17-5-3-2-4-15(17)13-6-7-16-14(12-13)8-9-18-16/h2-7,12,18H,8-11H2,1H3. The van der Waals surface area contributed by atoms with Crippen LogP contribution in [0, 0.1) is 0 Å². The maximum absolute atomic E-state index is 5.81. The van der Waals surface area contributed by atoms with Crippen LogP contribution in [-0.4, -0.2) is 26.9 Å². The summed E-state index contributed by atoms with van der Waals surface area (Å²) in [6.45, 7) is 2.20. The molecule has 1 N–H and O–H groups in total. The van der Waals surface area contributed by atoms with Crippen LogP contribution in [0.1, 0.15) is 5.56 Å². The first-order valence-corrected chi connectivity index (χ1v) is 6.96. The van der Waals surface area contributed by atoms with E-state index in [0.29, 0.717) is 13.2 Å². The highest BCUT2D eigenvalue weighted by Crippen LogP contribution is 2.33. The fourth-order valence-corrected chi connectivity index (χ4v) is 2.54. The minimum absolute atomic E-state index is 0.569. The molecule has 3 heteroatoms. The maximum atomic E-state index is 5.81. The van der Waals surface area contributed by atoms with Gasteiger partial charge in [0, 0.05) is 24.9 Å². The minimum Gasteiger partial charge on any atom is -0.491 e. The van der Waals surface area contributed by atoms with E-state index >= 15 is 0 Å². The number of benzene rings is 2. The van der Waals surface area contributed by atoms with Crippen molar-refractivity contribution in [1.82, 2.24) is 0 Å². The van der Waals surface area contributed by atoms with Gasteiger partial charge in [0.2, 0.25) is 0 Å². The molecule has 0 radical (unpaired) electrons. The molecule has 0 saturated heterocycles. The number of hydrogen-bond donors (Lipinski definition) is 1. The highest BCUT2D eigenvalue weighted by Gasteiger charge is 2.12. The number of nitrogens with one attached hydrogen (secondary N) is 1. The molecule has 0 atom stereocenters. The first-order valence-electron chi connectivity index (χ1n) is 6.96. The molecule has 0 aliphatic carbocycles. The van der Waals surface area contributed by atoms with Crippen LogP contribution in [0.15, 0.2) is 42.5 Å². The van der Waals surface area contributed by atoms with Gasteiger partial charge in [0.25, 0.3) is 0 Å². The van der Waals surface area contributed by atoms with Crippen molar-refractivity contribution in [2.75, 3.05) is 32.2 Å². The molecule has 0 spiro atoms. The van der Waals surface area contributed by atoms with Crippen molar-refractivity contribution in [1.29, 1.82) is 0 Å². The van der Waals surface area contributed by atoms with Crippen LogP contribution in [0.4, 0.5) is 5.69 Å². The summed E-state index contributed by atoms with van der Waals surface area (Å²) in [5, 5.41) is 3.39. The van der Waals surface area contributed by atoms with E-state index in [2.05, 4.69) is 29.6 Å². The van der Waals surface area contributed by atoms with E-state index in [1.807, 2.05) is 18.2 Å². The van der Waals surface area contributed by atoms with Gasteiger partial charge in [-0.15, -0.1) is 0 Å². The Morgan fingerprint density at radius 2 is 2.00 bits per heavy atom. The van der Waals surface area contributed by atoms with Crippen LogP contribution < -0.4 is 10.1 Å². The summed E-state index contributed by atoms with van der Waals surface area (Å²) in [7, 11) is 1.68. The van der Waals surface area contributed by atoms with Crippen molar-refractivity contribution in [2.45, 2.75) is 6.42 Å². The predicted molar refractivity (Wildman–Crippen MR) is 81.4 cm³/mol. The average molecular weight is 269 g/mol.